The maximum atomic E-state index is 11.7. The lowest BCUT2D eigenvalue weighted by Crippen LogP contribution is -2.40. The summed E-state index contributed by atoms with van der Waals surface area (Å²) >= 11 is 0. The molecule has 0 saturated heterocycles. The lowest BCUT2D eigenvalue weighted by molar-refractivity contribution is -0.357. The molecule has 2 aromatic rings. The minimum absolute atomic E-state index is 0.0634. The van der Waals surface area contributed by atoms with Gasteiger partial charge in [0, 0.05) is 12.0 Å². The predicted molar refractivity (Wildman–Crippen MR) is 76.9 cm³/mol. The van der Waals surface area contributed by atoms with Gasteiger partial charge in [0.15, 0.2) is 0 Å². The molecule has 0 saturated carbocycles. The summed E-state index contributed by atoms with van der Waals surface area (Å²) in [5, 5.41) is 19.4. The average molecular weight is 287 g/mol. The Morgan fingerprint density at radius 1 is 1.00 bits per heavy atom. The zero-order chi connectivity index (χ0) is 15.1. The first kappa shape index (κ1) is 15.2. The van der Waals surface area contributed by atoms with Gasteiger partial charge in [-0.3, -0.25) is 4.79 Å². The fraction of sp³-hybridized carbons (Fsp3) is 0.188. The summed E-state index contributed by atoms with van der Waals surface area (Å²) in [7, 11) is 0. The second-order valence-corrected chi connectivity index (χ2v) is 4.63. The Kier molecular flexibility index (Phi) is 5.05. The third-order valence-electron chi connectivity index (χ3n) is 2.93. The summed E-state index contributed by atoms with van der Waals surface area (Å²) in [5.41, 5.74) is 3.36. The number of hydroxylamine groups is 1. The van der Waals surface area contributed by atoms with Crippen LogP contribution in [0.15, 0.2) is 60.7 Å². The molecule has 3 N–H and O–H groups in total. The van der Waals surface area contributed by atoms with Crippen LogP contribution in [0, 0.1) is 0 Å². The molecule has 0 spiro atoms. The molecule has 21 heavy (non-hydrogen) atoms. The Bertz CT molecular complexity index is 569. The topological polar surface area (TPSA) is 78.8 Å². The quantitative estimate of drug-likeness (QED) is 0.557. The zero-order valence-electron chi connectivity index (χ0n) is 11.4. The molecule has 5 heteroatoms. The molecule has 0 aliphatic carbocycles. The second-order valence-electron chi connectivity index (χ2n) is 4.63. The van der Waals surface area contributed by atoms with E-state index in [0.29, 0.717) is 12.0 Å². The van der Waals surface area contributed by atoms with Crippen molar-refractivity contribution in [3.05, 3.63) is 71.8 Å². The monoisotopic (exact) mass is 287 g/mol. The molecule has 0 aliphatic rings. The van der Waals surface area contributed by atoms with Crippen molar-refractivity contribution in [2.24, 2.45) is 0 Å². The van der Waals surface area contributed by atoms with Crippen molar-refractivity contribution >= 4 is 5.91 Å². The van der Waals surface area contributed by atoms with Gasteiger partial charge < -0.3 is 10.2 Å². The van der Waals surface area contributed by atoms with Crippen LogP contribution in [-0.4, -0.2) is 22.1 Å². The number of aryl methyl sites for hydroxylation is 1. The lowest BCUT2D eigenvalue weighted by atomic mass is 10.1. The van der Waals surface area contributed by atoms with Crippen LogP contribution in [0.3, 0.4) is 0 Å². The molecule has 110 valence electrons. The SMILES string of the molecule is O=C(NOC(O)(O)CCc1ccccc1)c1ccccc1. The van der Waals surface area contributed by atoms with Crippen LogP contribution < -0.4 is 5.48 Å². The maximum Gasteiger partial charge on any atom is 0.300 e. The third-order valence-corrected chi connectivity index (χ3v) is 2.93. The number of aliphatic hydroxyl groups is 2. The number of amides is 1. The molecule has 0 aromatic heterocycles. The van der Waals surface area contributed by atoms with Crippen LogP contribution in [0.5, 0.6) is 0 Å². The van der Waals surface area contributed by atoms with Crippen LogP contribution in [-0.2, 0) is 11.3 Å². The zero-order valence-corrected chi connectivity index (χ0v) is 11.4. The molecule has 2 rings (SSSR count). The summed E-state index contributed by atoms with van der Waals surface area (Å²) < 4.78 is 0. The fourth-order valence-corrected chi connectivity index (χ4v) is 1.78. The molecule has 1 amide bonds. The van der Waals surface area contributed by atoms with Crippen molar-refractivity contribution in [2.45, 2.75) is 18.8 Å². The van der Waals surface area contributed by atoms with Crippen molar-refractivity contribution in [1.29, 1.82) is 0 Å². The maximum absolute atomic E-state index is 11.7. The van der Waals surface area contributed by atoms with E-state index in [1.165, 1.54) is 0 Å². The highest BCUT2D eigenvalue weighted by atomic mass is 16.8. The molecule has 0 atom stereocenters. The molecule has 0 radical (unpaired) electrons. The van der Waals surface area contributed by atoms with Gasteiger partial charge in [0.1, 0.15) is 0 Å². The number of carbonyl (C=O) groups is 1. The van der Waals surface area contributed by atoms with Gasteiger partial charge in [-0.1, -0.05) is 48.5 Å². The van der Waals surface area contributed by atoms with Crippen molar-refractivity contribution in [2.75, 3.05) is 0 Å². The number of rotatable bonds is 6. The highest BCUT2D eigenvalue weighted by Gasteiger charge is 2.25. The van der Waals surface area contributed by atoms with Crippen molar-refractivity contribution in [3.63, 3.8) is 0 Å². The van der Waals surface area contributed by atoms with Gasteiger partial charge in [0.05, 0.1) is 0 Å². The van der Waals surface area contributed by atoms with Crippen LogP contribution in [0.25, 0.3) is 0 Å². The van der Waals surface area contributed by atoms with Crippen molar-refractivity contribution in [1.82, 2.24) is 5.48 Å². The number of benzene rings is 2. The molecule has 0 aliphatic heterocycles. The molecule has 2 aromatic carbocycles. The first-order valence-corrected chi connectivity index (χ1v) is 6.59. The molecular formula is C16H17NO4. The van der Waals surface area contributed by atoms with E-state index in [9.17, 15) is 15.0 Å². The van der Waals surface area contributed by atoms with Gasteiger partial charge in [-0.15, -0.1) is 0 Å². The Balaban J connectivity index is 1.82. The van der Waals surface area contributed by atoms with E-state index >= 15 is 0 Å². The minimum Gasteiger partial charge on any atom is -0.342 e. The van der Waals surface area contributed by atoms with Crippen molar-refractivity contribution in [3.8, 4) is 0 Å². The smallest absolute Gasteiger partial charge is 0.300 e. The first-order valence-electron chi connectivity index (χ1n) is 6.59. The van der Waals surface area contributed by atoms with E-state index < -0.39 is 11.9 Å². The fourth-order valence-electron chi connectivity index (χ4n) is 1.78. The predicted octanol–water partition coefficient (Wildman–Crippen LogP) is 1.62. The standard InChI is InChI=1S/C16H17NO4/c18-15(14-9-5-2-6-10-14)17-21-16(19,20)12-11-13-7-3-1-4-8-13/h1-10,19-20H,11-12H2,(H,17,18). The van der Waals surface area contributed by atoms with Gasteiger partial charge >= 0.3 is 0 Å². The van der Waals surface area contributed by atoms with E-state index in [0.717, 1.165) is 5.56 Å². The lowest BCUT2D eigenvalue weighted by Gasteiger charge is -2.21. The number of hydrogen-bond donors (Lipinski definition) is 3. The second kappa shape index (κ2) is 6.99. The first-order chi connectivity index (χ1) is 10.1. The Morgan fingerprint density at radius 3 is 2.19 bits per heavy atom. The highest BCUT2D eigenvalue weighted by Crippen LogP contribution is 2.12. The highest BCUT2D eigenvalue weighted by molar-refractivity contribution is 5.93. The average Bonchev–Trinajstić information content (AvgIpc) is 2.53. The summed E-state index contributed by atoms with van der Waals surface area (Å²) in [6.45, 7) is 0. The summed E-state index contributed by atoms with van der Waals surface area (Å²) in [6, 6.07) is 17.7. The Labute approximate surface area is 122 Å². The van der Waals surface area contributed by atoms with Gasteiger partial charge in [0.25, 0.3) is 11.9 Å². The summed E-state index contributed by atoms with van der Waals surface area (Å²) in [4.78, 5) is 16.4. The third kappa shape index (κ3) is 5.00. The molecular weight excluding hydrogens is 270 g/mol. The summed E-state index contributed by atoms with van der Waals surface area (Å²) in [6.07, 6.45) is 0.348. The van der Waals surface area contributed by atoms with E-state index in [1.54, 1.807) is 30.3 Å². The van der Waals surface area contributed by atoms with E-state index in [-0.39, 0.29) is 6.42 Å². The van der Waals surface area contributed by atoms with E-state index in [1.807, 2.05) is 35.8 Å². The van der Waals surface area contributed by atoms with E-state index in [2.05, 4.69) is 4.84 Å². The van der Waals surface area contributed by atoms with Gasteiger partial charge in [-0.25, -0.2) is 10.3 Å². The van der Waals surface area contributed by atoms with Crippen LogP contribution in [0.1, 0.15) is 22.3 Å². The molecule has 0 fully saturated rings. The number of hydrogen-bond acceptors (Lipinski definition) is 4. The molecule has 0 bridgehead atoms. The van der Waals surface area contributed by atoms with E-state index in [4.69, 9.17) is 0 Å². The molecule has 0 unspecified atom stereocenters. The van der Waals surface area contributed by atoms with Gasteiger partial charge in [-0.05, 0) is 24.1 Å². The molecule has 5 nitrogen and oxygen atoms in total. The largest absolute Gasteiger partial charge is 0.342 e. The Hall–Kier alpha value is -2.21. The number of nitrogens with one attached hydrogen (secondary N) is 1. The van der Waals surface area contributed by atoms with Crippen LogP contribution >= 0.6 is 0 Å². The minimum atomic E-state index is -2.42. The van der Waals surface area contributed by atoms with Gasteiger partial charge in [-0.2, -0.15) is 0 Å². The van der Waals surface area contributed by atoms with Crippen LogP contribution in [0.2, 0.25) is 0 Å². The molecule has 0 heterocycles. The van der Waals surface area contributed by atoms with Crippen molar-refractivity contribution < 1.29 is 19.8 Å². The normalized spacial score (nSPS) is 11.1. The van der Waals surface area contributed by atoms with Gasteiger partial charge in [0.2, 0.25) is 0 Å². The van der Waals surface area contributed by atoms with Crippen LogP contribution in [0.4, 0.5) is 0 Å². The summed E-state index contributed by atoms with van der Waals surface area (Å²) in [5.74, 6) is -2.96. The number of carbonyl (C=O) groups excluding carboxylic acids is 1. The Morgan fingerprint density at radius 2 is 1.57 bits per heavy atom.